The van der Waals surface area contributed by atoms with E-state index in [1.807, 2.05) is 19.2 Å². The average molecular weight is 326 g/mol. The predicted octanol–water partition coefficient (Wildman–Crippen LogP) is 2.50. The molecule has 6 nitrogen and oxygen atoms in total. The largest absolute Gasteiger partial charge is 0.351 e. The number of hydrogen-bond acceptors (Lipinski definition) is 5. The second-order valence-corrected chi connectivity index (χ2v) is 6.22. The summed E-state index contributed by atoms with van der Waals surface area (Å²) in [5.74, 6) is 0.657. The maximum atomic E-state index is 14.1. The van der Waals surface area contributed by atoms with Gasteiger partial charge < -0.3 is 4.90 Å². The Labute approximate surface area is 139 Å². The lowest BCUT2D eigenvalue weighted by Crippen LogP contribution is -2.41. The minimum atomic E-state index is -0.143. The zero-order valence-electron chi connectivity index (χ0n) is 13.6. The van der Waals surface area contributed by atoms with Crippen LogP contribution in [0.5, 0.6) is 0 Å². The number of aromatic nitrogens is 5. The van der Waals surface area contributed by atoms with Gasteiger partial charge >= 0.3 is 0 Å². The van der Waals surface area contributed by atoms with Crippen LogP contribution in [0.25, 0.3) is 11.2 Å². The van der Waals surface area contributed by atoms with Gasteiger partial charge in [0, 0.05) is 19.6 Å². The SMILES string of the molecule is Cn1nnc2c(N3CCCCC3Cc3ccccc3F)ncnc21. The van der Waals surface area contributed by atoms with Gasteiger partial charge in [-0.2, -0.15) is 0 Å². The van der Waals surface area contributed by atoms with Crippen molar-refractivity contribution >= 4 is 17.0 Å². The maximum absolute atomic E-state index is 14.1. The highest BCUT2D eigenvalue weighted by molar-refractivity contribution is 5.82. The number of halogens is 1. The zero-order chi connectivity index (χ0) is 16.5. The minimum absolute atomic E-state index is 0.143. The van der Waals surface area contributed by atoms with Crippen molar-refractivity contribution in [3.05, 3.63) is 42.0 Å². The molecular weight excluding hydrogens is 307 g/mol. The van der Waals surface area contributed by atoms with E-state index in [1.54, 1.807) is 17.1 Å². The molecule has 1 saturated heterocycles. The molecule has 0 amide bonds. The van der Waals surface area contributed by atoms with Gasteiger partial charge in [-0.3, -0.25) is 0 Å². The summed E-state index contributed by atoms with van der Waals surface area (Å²) in [5, 5.41) is 8.28. The van der Waals surface area contributed by atoms with Crippen LogP contribution in [0.15, 0.2) is 30.6 Å². The van der Waals surface area contributed by atoms with E-state index in [0.717, 1.165) is 42.8 Å². The second-order valence-electron chi connectivity index (χ2n) is 6.22. The molecule has 24 heavy (non-hydrogen) atoms. The van der Waals surface area contributed by atoms with Gasteiger partial charge in [0.1, 0.15) is 12.1 Å². The standard InChI is InChI=1S/C17H19FN6/c1-23-16-15(21-22-23)17(20-11-19-16)24-9-5-4-7-13(24)10-12-6-2-3-8-14(12)18/h2-3,6,8,11,13H,4-5,7,9-10H2,1H3. The van der Waals surface area contributed by atoms with Crippen LogP contribution in [0.3, 0.4) is 0 Å². The summed E-state index contributed by atoms with van der Waals surface area (Å²) < 4.78 is 15.7. The normalized spacial score (nSPS) is 18.2. The lowest BCUT2D eigenvalue weighted by molar-refractivity contribution is 0.448. The van der Waals surface area contributed by atoms with Gasteiger partial charge in [0.25, 0.3) is 0 Å². The van der Waals surface area contributed by atoms with Crippen molar-refractivity contribution in [3.8, 4) is 0 Å². The molecule has 0 aliphatic carbocycles. The highest BCUT2D eigenvalue weighted by atomic mass is 19.1. The highest BCUT2D eigenvalue weighted by Crippen LogP contribution is 2.29. The molecule has 124 valence electrons. The fourth-order valence-corrected chi connectivity index (χ4v) is 3.46. The van der Waals surface area contributed by atoms with Crippen molar-refractivity contribution in [1.29, 1.82) is 0 Å². The van der Waals surface area contributed by atoms with Crippen LogP contribution in [0.1, 0.15) is 24.8 Å². The minimum Gasteiger partial charge on any atom is -0.351 e. The first kappa shape index (κ1) is 15.0. The Kier molecular flexibility index (Phi) is 3.84. The van der Waals surface area contributed by atoms with Crippen LogP contribution in [0.4, 0.5) is 10.2 Å². The second kappa shape index (κ2) is 6.14. The van der Waals surface area contributed by atoms with Crippen LogP contribution < -0.4 is 4.90 Å². The number of nitrogens with zero attached hydrogens (tertiary/aromatic N) is 6. The number of aryl methyl sites for hydroxylation is 1. The molecule has 1 aliphatic rings. The average Bonchev–Trinajstić information content (AvgIpc) is 2.99. The summed E-state index contributed by atoms with van der Waals surface area (Å²) in [4.78, 5) is 11.0. The molecule has 1 aliphatic heterocycles. The van der Waals surface area contributed by atoms with E-state index in [0.29, 0.717) is 11.9 Å². The number of rotatable bonds is 3. The summed E-state index contributed by atoms with van der Waals surface area (Å²) in [7, 11) is 1.82. The molecule has 0 radical (unpaired) electrons. The summed E-state index contributed by atoms with van der Waals surface area (Å²) in [6, 6.07) is 7.20. The maximum Gasteiger partial charge on any atom is 0.183 e. The molecule has 0 N–H and O–H groups in total. The molecule has 7 heteroatoms. The van der Waals surface area contributed by atoms with Crippen LogP contribution >= 0.6 is 0 Å². The van der Waals surface area contributed by atoms with Crippen molar-refractivity contribution < 1.29 is 4.39 Å². The number of benzene rings is 1. The van der Waals surface area contributed by atoms with Gasteiger partial charge in [-0.15, -0.1) is 5.10 Å². The number of hydrogen-bond donors (Lipinski definition) is 0. The molecule has 1 aromatic carbocycles. The number of piperidine rings is 1. The van der Waals surface area contributed by atoms with Crippen molar-refractivity contribution in [2.24, 2.45) is 7.05 Å². The van der Waals surface area contributed by atoms with Crippen molar-refractivity contribution in [3.63, 3.8) is 0 Å². The first-order valence-corrected chi connectivity index (χ1v) is 8.24. The van der Waals surface area contributed by atoms with Gasteiger partial charge in [-0.1, -0.05) is 23.4 Å². The Hall–Kier alpha value is -2.57. The fourth-order valence-electron chi connectivity index (χ4n) is 3.46. The van der Waals surface area contributed by atoms with Crippen LogP contribution in [0.2, 0.25) is 0 Å². The van der Waals surface area contributed by atoms with Crippen LogP contribution in [-0.2, 0) is 13.5 Å². The Balaban J connectivity index is 1.70. The van der Waals surface area contributed by atoms with Gasteiger partial charge in [-0.05, 0) is 37.3 Å². The van der Waals surface area contributed by atoms with E-state index in [4.69, 9.17) is 0 Å². The first-order valence-electron chi connectivity index (χ1n) is 8.24. The Morgan fingerprint density at radius 2 is 2.08 bits per heavy atom. The van der Waals surface area contributed by atoms with Gasteiger partial charge in [0.15, 0.2) is 17.0 Å². The third kappa shape index (κ3) is 2.60. The molecule has 2 aromatic heterocycles. The van der Waals surface area contributed by atoms with Crippen LogP contribution in [0, 0.1) is 5.82 Å². The Morgan fingerprint density at radius 1 is 1.21 bits per heavy atom. The third-order valence-electron chi connectivity index (χ3n) is 4.68. The van der Waals surface area contributed by atoms with E-state index in [-0.39, 0.29) is 11.9 Å². The van der Waals surface area contributed by atoms with Gasteiger partial charge in [-0.25, -0.2) is 19.0 Å². The van der Waals surface area contributed by atoms with Crippen LogP contribution in [-0.4, -0.2) is 37.5 Å². The van der Waals surface area contributed by atoms with Crippen molar-refractivity contribution in [1.82, 2.24) is 25.0 Å². The van der Waals surface area contributed by atoms with Crippen molar-refractivity contribution in [2.45, 2.75) is 31.7 Å². The monoisotopic (exact) mass is 326 g/mol. The topological polar surface area (TPSA) is 59.7 Å². The number of fused-ring (bicyclic) bond motifs is 1. The number of anilines is 1. The molecule has 0 bridgehead atoms. The highest BCUT2D eigenvalue weighted by Gasteiger charge is 2.27. The molecule has 3 aromatic rings. The van der Waals surface area contributed by atoms with E-state index < -0.39 is 0 Å². The van der Waals surface area contributed by atoms with E-state index >= 15 is 0 Å². The molecule has 4 rings (SSSR count). The van der Waals surface area contributed by atoms with Gasteiger partial charge in [0.05, 0.1) is 0 Å². The van der Waals surface area contributed by atoms with E-state index in [2.05, 4.69) is 25.2 Å². The lowest BCUT2D eigenvalue weighted by atomic mass is 9.95. The molecule has 0 spiro atoms. The van der Waals surface area contributed by atoms with E-state index in [1.165, 1.54) is 6.07 Å². The molecule has 1 fully saturated rings. The third-order valence-corrected chi connectivity index (χ3v) is 4.68. The van der Waals surface area contributed by atoms with Gasteiger partial charge in [0.2, 0.25) is 0 Å². The molecule has 1 atom stereocenters. The molecule has 0 saturated carbocycles. The fraction of sp³-hybridized carbons (Fsp3) is 0.412. The summed E-state index contributed by atoms with van der Waals surface area (Å²) in [6.07, 6.45) is 5.47. The first-order chi connectivity index (χ1) is 11.7. The van der Waals surface area contributed by atoms with Crippen molar-refractivity contribution in [2.75, 3.05) is 11.4 Å². The van der Waals surface area contributed by atoms with E-state index in [9.17, 15) is 4.39 Å². The Bertz CT molecular complexity index is 861. The summed E-state index contributed by atoms with van der Waals surface area (Å²) >= 11 is 0. The molecule has 1 unspecified atom stereocenters. The zero-order valence-corrected chi connectivity index (χ0v) is 13.6. The molecule has 3 heterocycles. The Morgan fingerprint density at radius 3 is 2.96 bits per heavy atom. The molecular formula is C17H19FN6. The smallest absolute Gasteiger partial charge is 0.183 e. The summed E-state index contributed by atoms with van der Waals surface area (Å²) in [5.41, 5.74) is 2.18. The lowest BCUT2D eigenvalue weighted by Gasteiger charge is -2.36. The predicted molar refractivity (Wildman–Crippen MR) is 89.2 cm³/mol. The quantitative estimate of drug-likeness (QED) is 0.740. The summed E-state index contributed by atoms with van der Waals surface area (Å²) in [6.45, 7) is 0.891.